The molecule has 0 radical (unpaired) electrons. The fourth-order valence-corrected chi connectivity index (χ4v) is 4.19. The first-order valence-electron chi connectivity index (χ1n) is 9.29. The molecule has 0 spiro atoms. The van der Waals surface area contributed by atoms with Crippen molar-refractivity contribution < 1.29 is 31.9 Å². The zero-order chi connectivity index (χ0) is 20.9. The van der Waals surface area contributed by atoms with Crippen molar-refractivity contribution in [3.63, 3.8) is 0 Å². The molecular formula is C20H23F4NO3. The van der Waals surface area contributed by atoms with Gasteiger partial charge in [-0.3, -0.25) is 4.79 Å². The third-order valence-electron chi connectivity index (χ3n) is 5.26. The molecule has 8 heteroatoms. The Labute approximate surface area is 160 Å². The van der Waals surface area contributed by atoms with Crippen LogP contribution in [0.4, 0.5) is 22.4 Å². The van der Waals surface area contributed by atoms with Crippen LogP contribution >= 0.6 is 0 Å². The summed E-state index contributed by atoms with van der Waals surface area (Å²) in [5.74, 6) is -2.32. The quantitative estimate of drug-likeness (QED) is 0.505. The zero-order valence-electron chi connectivity index (χ0n) is 16.0. The maximum atomic E-state index is 13.3. The Morgan fingerprint density at radius 1 is 1.07 bits per heavy atom. The van der Waals surface area contributed by atoms with Crippen LogP contribution in [0, 0.1) is 11.7 Å². The van der Waals surface area contributed by atoms with Crippen molar-refractivity contribution in [2.75, 3.05) is 0 Å². The van der Waals surface area contributed by atoms with Gasteiger partial charge in [-0.2, -0.15) is 13.2 Å². The van der Waals surface area contributed by atoms with Gasteiger partial charge in [0.05, 0.1) is 5.56 Å². The van der Waals surface area contributed by atoms with E-state index in [0.29, 0.717) is 18.9 Å². The summed E-state index contributed by atoms with van der Waals surface area (Å²) in [6.07, 6.45) is -3.34. The van der Waals surface area contributed by atoms with Crippen LogP contribution in [-0.2, 0) is 10.9 Å². The Kier molecular flexibility index (Phi) is 5.18. The van der Waals surface area contributed by atoms with Gasteiger partial charge in [0.2, 0.25) is 0 Å². The number of piperidine rings is 1. The average molecular weight is 401 g/mol. The van der Waals surface area contributed by atoms with E-state index in [1.165, 1.54) is 0 Å². The van der Waals surface area contributed by atoms with Gasteiger partial charge < -0.3 is 9.64 Å². The van der Waals surface area contributed by atoms with Crippen LogP contribution in [0.2, 0.25) is 0 Å². The van der Waals surface area contributed by atoms with Crippen LogP contribution in [0.3, 0.4) is 0 Å². The van der Waals surface area contributed by atoms with Gasteiger partial charge in [-0.05, 0) is 64.7 Å². The lowest BCUT2D eigenvalue weighted by Crippen LogP contribution is -2.49. The number of fused-ring (bicyclic) bond motifs is 2. The second kappa shape index (κ2) is 7.04. The topological polar surface area (TPSA) is 46.6 Å². The molecule has 0 N–H and O–H groups in total. The number of halogens is 4. The normalized spacial score (nSPS) is 25.0. The first-order valence-corrected chi connectivity index (χ1v) is 9.29. The van der Waals surface area contributed by atoms with Crippen molar-refractivity contribution in [3.8, 4) is 0 Å². The van der Waals surface area contributed by atoms with Crippen LogP contribution in [0.1, 0.15) is 62.4 Å². The molecule has 3 rings (SSSR count). The van der Waals surface area contributed by atoms with Crippen molar-refractivity contribution in [1.82, 2.24) is 4.90 Å². The molecule has 2 aliphatic heterocycles. The minimum Gasteiger partial charge on any atom is -0.444 e. The molecule has 2 aliphatic rings. The number of benzene rings is 1. The van der Waals surface area contributed by atoms with Crippen molar-refractivity contribution in [2.24, 2.45) is 5.92 Å². The number of hydrogen-bond donors (Lipinski definition) is 0. The molecule has 1 amide bonds. The minimum atomic E-state index is -4.82. The van der Waals surface area contributed by atoms with Crippen molar-refractivity contribution in [1.29, 1.82) is 0 Å². The van der Waals surface area contributed by atoms with E-state index in [9.17, 15) is 27.2 Å². The molecule has 0 aliphatic carbocycles. The highest BCUT2D eigenvalue weighted by atomic mass is 19.4. The maximum absolute atomic E-state index is 13.3. The fraction of sp³-hybridized carbons (Fsp3) is 0.600. The van der Waals surface area contributed by atoms with Crippen LogP contribution < -0.4 is 0 Å². The Morgan fingerprint density at radius 2 is 1.64 bits per heavy atom. The monoisotopic (exact) mass is 401 g/mol. The summed E-state index contributed by atoms with van der Waals surface area (Å²) in [6, 6.07) is 1.65. The molecule has 28 heavy (non-hydrogen) atoms. The first-order chi connectivity index (χ1) is 12.9. The summed E-state index contributed by atoms with van der Waals surface area (Å²) in [6.45, 7) is 5.28. The summed E-state index contributed by atoms with van der Waals surface area (Å²) in [5.41, 5.74) is -2.41. The second-order valence-corrected chi connectivity index (χ2v) is 8.49. The van der Waals surface area contributed by atoms with Gasteiger partial charge in [-0.1, -0.05) is 0 Å². The summed E-state index contributed by atoms with van der Waals surface area (Å²) < 4.78 is 58.5. The van der Waals surface area contributed by atoms with Crippen LogP contribution in [0.5, 0.6) is 0 Å². The fourth-order valence-electron chi connectivity index (χ4n) is 4.19. The van der Waals surface area contributed by atoms with Gasteiger partial charge in [0, 0.05) is 23.6 Å². The predicted octanol–water partition coefficient (Wildman–Crippen LogP) is 5.21. The highest BCUT2D eigenvalue weighted by molar-refractivity contribution is 5.99. The molecule has 2 heterocycles. The number of carbonyl (C=O) groups is 2. The molecule has 154 valence electrons. The van der Waals surface area contributed by atoms with Crippen LogP contribution in [-0.4, -0.2) is 34.5 Å². The zero-order valence-corrected chi connectivity index (χ0v) is 16.0. The van der Waals surface area contributed by atoms with Gasteiger partial charge in [0.15, 0.2) is 5.78 Å². The molecule has 0 aromatic heterocycles. The molecule has 2 bridgehead atoms. The van der Waals surface area contributed by atoms with Gasteiger partial charge in [0.1, 0.15) is 11.4 Å². The van der Waals surface area contributed by atoms with Crippen LogP contribution in [0.15, 0.2) is 18.2 Å². The Morgan fingerprint density at radius 3 is 2.14 bits per heavy atom. The first kappa shape index (κ1) is 20.6. The maximum Gasteiger partial charge on any atom is 0.417 e. The lowest BCUT2D eigenvalue weighted by molar-refractivity contribution is -0.138. The number of Topliss-reactive ketones (excluding diaryl/α,β-unsaturated/α-hetero) is 1. The second-order valence-electron chi connectivity index (χ2n) is 8.49. The molecule has 1 aromatic rings. The Balaban J connectivity index is 1.80. The van der Waals surface area contributed by atoms with Gasteiger partial charge in [-0.15, -0.1) is 0 Å². The minimum absolute atomic E-state index is 0.239. The van der Waals surface area contributed by atoms with E-state index in [4.69, 9.17) is 4.74 Å². The molecular weight excluding hydrogens is 378 g/mol. The summed E-state index contributed by atoms with van der Waals surface area (Å²) >= 11 is 0. The molecule has 2 unspecified atom stereocenters. The molecule has 2 saturated heterocycles. The lowest BCUT2D eigenvalue weighted by atomic mass is 9.83. The lowest BCUT2D eigenvalue weighted by Gasteiger charge is -2.39. The molecule has 2 fully saturated rings. The molecule has 1 aromatic carbocycles. The van der Waals surface area contributed by atoms with Crippen molar-refractivity contribution >= 4 is 11.9 Å². The third kappa shape index (κ3) is 4.15. The number of rotatable bonds is 2. The largest absolute Gasteiger partial charge is 0.444 e. The molecule has 4 nitrogen and oxygen atoms in total. The number of hydrogen-bond acceptors (Lipinski definition) is 3. The number of amides is 1. The van der Waals surface area contributed by atoms with E-state index in [-0.39, 0.29) is 24.9 Å². The van der Waals surface area contributed by atoms with E-state index in [2.05, 4.69) is 0 Å². The number of alkyl halides is 3. The van der Waals surface area contributed by atoms with Gasteiger partial charge in [-0.25, -0.2) is 9.18 Å². The molecule has 0 saturated carbocycles. The van der Waals surface area contributed by atoms with E-state index in [1.807, 2.05) is 0 Å². The van der Waals surface area contributed by atoms with Crippen molar-refractivity contribution in [2.45, 2.75) is 70.3 Å². The summed E-state index contributed by atoms with van der Waals surface area (Å²) in [7, 11) is 0. The van der Waals surface area contributed by atoms with Crippen LogP contribution in [0.25, 0.3) is 0 Å². The van der Waals surface area contributed by atoms with Crippen molar-refractivity contribution in [3.05, 3.63) is 35.1 Å². The van der Waals surface area contributed by atoms with Gasteiger partial charge >= 0.3 is 12.3 Å². The Bertz CT molecular complexity index is 771. The highest BCUT2D eigenvalue weighted by Crippen LogP contribution is 2.42. The number of nitrogens with zero attached hydrogens (tertiary/aromatic N) is 1. The van der Waals surface area contributed by atoms with E-state index < -0.39 is 46.5 Å². The van der Waals surface area contributed by atoms with E-state index in [0.717, 1.165) is 12.1 Å². The smallest absolute Gasteiger partial charge is 0.417 e. The summed E-state index contributed by atoms with van der Waals surface area (Å²) in [5, 5.41) is 0. The highest BCUT2D eigenvalue weighted by Gasteiger charge is 2.47. The predicted molar refractivity (Wildman–Crippen MR) is 93.3 cm³/mol. The standard InChI is InChI=1S/C20H23F4NO3/c1-19(2,3)28-18(27)25-13-5-6-14(25)9-11(8-13)17(26)15-7-4-12(21)10-16(15)20(22,23)24/h4,7,10-11,13-14H,5-6,8-9H2,1-3H3. The summed E-state index contributed by atoms with van der Waals surface area (Å²) in [4.78, 5) is 26.9. The number of carbonyl (C=O) groups excluding carboxylic acids is 2. The third-order valence-corrected chi connectivity index (χ3v) is 5.26. The van der Waals surface area contributed by atoms with Gasteiger partial charge in [0.25, 0.3) is 0 Å². The van der Waals surface area contributed by atoms with E-state index in [1.54, 1.807) is 25.7 Å². The average Bonchev–Trinajstić information content (AvgIpc) is 2.82. The number of ether oxygens (including phenoxy) is 1. The SMILES string of the molecule is CC(C)(C)OC(=O)N1C2CCC1CC(C(=O)c1ccc(F)cc1C(F)(F)F)C2. The Hall–Kier alpha value is -2.12. The molecule has 2 atom stereocenters. The van der Waals surface area contributed by atoms with E-state index >= 15 is 0 Å². The number of ketones is 1.